The first-order chi connectivity index (χ1) is 16.8. The highest BCUT2D eigenvalue weighted by molar-refractivity contribution is 6.00. The smallest absolute Gasteiger partial charge is 0.410 e. The molecular formula is C23H28F4N4O5. The number of hydrogen-bond donors (Lipinski definition) is 2. The van der Waals surface area contributed by atoms with E-state index in [0.29, 0.717) is 0 Å². The number of halogens is 4. The minimum Gasteiger partial charge on any atom is -0.445 e. The molecule has 0 unspecified atom stereocenters. The van der Waals surface area contributed by atoms with Crippen LogP contribution in [0.5, 0.6) is 0 Å². The molecule has 0 saturated carbocycles. The Labute approximate surface area is 205 Å². The molecule has 3 amide bonds. The van der Waals surface area contributed by atoms with Gasteiger partial charge in [-0.3, -0.25) is 24.2 Å². The van der Waals surface area contributed by atoms with Crippen molar-refractivity contribution in [1.82, 2.24) is 20.4 Å². The monoisotopic (exact) mass is 516 g/mol. The molecule has 1 aromatic carbocycles. The number of rotatable bonds is 9. The van der Waals surface area contributed by atoms with E-state index in [1.165, 1.54) is 43.0 Å². The average Bonchev–Trinajstić information content (AvgIpc) is 2.83. The van der Waals surface area contributed by atoms with E-state index in [9.17, 15) is 36.7 Å². The lowest BCUT2D eigenvalue weighted by molar-refractivity contribution is -0.145. The Kier molecular flexibility index (Phi) is 9.56. The van der Waals surface area contributed by atoms with Crippen LogP contribution >= 0.6 is 0 Å². The van der Waals surface area contributed by atoms with Gasteiger partial charge in [0.1, 0.15) is 25.0 Å². The van der Waals surface area contributed by atoms with Crippen molar-refractivity contribution < 1.29 is 41.5 Å². The van der Waals surface area contributed by atoms with Crippen LogP contribution in [-0.4, -0.2) is 90.6 Å². The molecule has 36 heavy (non-hydrogen) atoms. The minimum atomic E-state index is -4.66. The summed E-state index contributed by atoms with van der Waals surface area (Å²) in [4.78, 5) is 52.7. The van der Waals surface area contributed by atoms with Gasteiger partial charge < -0.3 is 15.4 Å². The zero-order valence-electron chi connectivity index (χ0n) is 19.9. The zero-order chi connectivity index (χ0) is 27.1. The number of ketones is 1. The van der Waals surface area contributed by atoms with E-state index in [1.54, 1.807) is 5.32 Å². The van der Waals surface area contributed by atoms with Gasteiger partial charge in [-0.15, -0.1) is 0 Å². The molecule has 0 aromatic heterocycles. The molecule has 0 radical (unpaired) electrons. The Balaban J connectivity index is 2.13. The molecule has 2 N–H and O–H groups in total. The van der Waals surface area contributed by atoms with Gasteiger partial charge in [0.15, 0.2) is 5.78 Å². The highest BCUT2D eigenvalue weighted by Gasteiger charge is 2.44. The number of nitrogens with one attached hydrogen (secondary N) is 2. The number of nitrogens with zero attached hydrogens (tertiary/aromatic N) is 2. The lowest BCUT2D eigenvalue weighted by Crippen LogP contribution is -2.67. The largest absolute Gasteiger partial charge is 0.445 e. The van der Waals surface area contributed by atoms with E-state index in [1.807, 2.05) is 0 Å². The van der Waals surface area contributed by atoms with Gasteiger partial charge in [-0.1, -0.05) is 24.8 Å². The van der Waals surface area contributed by atoms with Gasteiger partial charge in [-0.25, -0.2) is 9.18 Å². The Morgan fingerprint density at radius 1 is 1.14 bits per heavy atom. The third kappa shape index (κ3) is 7.51. The highest BCUT2D eigenvalue weighted by atomic mass is 19.4. The van der Waals surface area contributed by atoms with Crippen LogP contribution in [-0.2, 0) is 14.3 Å². The molecule has 1 fully saturated rings. The van der Waals surface area contributed by atoms with Crippen LogP contribution in [0.2, 0.25) is 0 Å². The molecule has 2 rings (SSSR count). The van der Waals surface area contributed by atoms with Crippen molar-refractivity contribution in [2.75, 3.05) is 39.3 Å². The molecule has 1 aliphatic rings. The normalized spacial score (nSPS) is 16.7. The Hall–Kier alpha value is -3.48. The van der Waals surface area contributed by atoms with Crippen LogP contribution in [0.15, 0.2) is 36.9 Å². The number of carbonyl (C=O) groups excluding carboxylic acids is 4. The average molecular weight is 516 g/mol. The maximum atomic E-state index is 13.8. The molecule has 0 aliphatic carbocycles. The van der Waals surface area contributed by atoms with Crippen LogP contribution in [0.1, 0.15) is 24.2 Å². The van der Waals surface area contributed by atoms with Crippen LogP contribution < -0.4 is 10.6 Å². The van der Waals surface area contributed by atoms with Gasteiger partial charge in [0.2, 0.25) is 11.8 Å². The lowest BCUT2D eigenvalue weighted by atomic mass is 9.97. The van der Waals surface area contributed by atoms with Crippen LogP contribution in [0.25, 0.3) is 0 Å². The third-order valence-corrected chi connectivity index (χ3v) is 5.64. The fraction of sp³-hybridized carbons (Fsp3) is 0.478. The van der Waals surface area contributed by atoms with Crippen molar-refractivity contribution in [2.24, 2.45) is 0 Å². The predicted molar refractivity (Wildman–Crippen MR) is 120 cm³/mol. The zero-order valence-corrected chi connectivity index (χ0v) is 19.9. The molecule has 198 valence electrons. The summed E-state index contributed by atoms with van der Waals surface area (Å²) in [7, 11) is 0. The standard InChI is InChI=1S/C23H28F4N4O5/c1-4-11-36-21(35)31-10-9-30(13-17(31)19(33)29-14-23(25,26)27)22(2,3)20(34)28-12-18(32)15-7-5-6-8-16(15)24/h4-8,17H,1,9-14H2,2-3H3,(H,28,34)(H,29,33)/t17-/m0/s1. The van der Waals surface area contributed by atoms with E-state index in [-0.39, 0.29) is 31.8 Å². The Morgan fingerprint density at radius 2 is 1.81 bits per heavy atom. The third-order valence-electron chi connectivity index (χ3n) is 5.64. The number of piperazine rings is 1. The van der Waals surface area contributed by atoms with Crippen molar-refractivity contribution in [2.45, 2.75) is 31.6 Å². The number of alkyl halides is 3. The second-order valence-corrected chi connectivity index (χ2v) is 8.50. The van der Waals surface area contributed by atoms with Crippen molar-refractivity contribution in [3.8, 4) is 0 Å². The Bertz CT molecular complexity index is 999. The fourth-order valence-electron chi connectivity index (χ4n) is 3.55. The van der Waals surface area contributed by atoms with Gasteiger partial charge in [-0.05, 0) is 26.0 Å². The lowest BCUT2D eigenvalue weighted by Gasteiger charge is -2.45. The van der Waals surface area contributed by atoms with Gasteiger partial charge in [0, 0.05) is 19.6 Å². The number of benzene rings is 1. The molecule has 13 heteroatoms. The summed E-state index contributed by atoms with van der Waals surface area (Å²) >= 11 is 0. The predicted octanol–water partition coefficient (Wildman–Crippen LogP) is 1.89. The second-order valence-electron chi connectivity index (χ2n) is 8.50. The number of ether oxygens (including phenoxy) is 1. The first-order valence-electron chi connectivity index (χ1n) is 11.0. The summed E-state index contributed by atoms with van der Waals surface area (Å²) in [6, 6.07) is 3.91. The minimum absolute atomic E-state index is 0.0773. The maximum Gasteiger partial charge on any atom is 0.410 e. The summed E-state index contributed by atoms with van der Waals surface area (Å²) in [6.45, 7) is 3.81. The summed E-state index contributed by atoms with van der Waals surface area (Å²) in [5, 5.41) is 4.19. The summed E-state index contributed by atoms with van der Waals surface area (Å²) in [5.41, 5.74) is -1.53. The maximum absolute atomic E-state index is 13.8. The molecular weight excluding hydrogens is 488 g/mol. The van der Waals surface area contributed by atoms with Crippen LogP contribution in [0.3, 0.4) is 0 Å². The summed E-state index contributed by atoms with van der Waals surface area (Å²) in [6.07, 6.45) is -4.29. The summed E-state index contributed by atoms with van der Waals surface area (Å²) in [5.74, 6) is -3.09. The first kappa shape index (κ1) is 28.8. The Morgan fingerprint density at radius 3 is 2.42 bits per heavy atom. The van der Waals surface area contributed by atoms with Crippen LogP contribution in [0.4, 0.5) is 22.4 Å². The topological polar surface area (TPSA) is 108 Å². The number of amides is 3. The molecule has 1 aromatic rings. The van der Waals surface area contributed by atoms with E-state index < -0.39 is 60.4 Å². The number of Topliss-reactive ketones (excluding diaryl/α,β-unsaturated/α-hetero) is 1. The van der Waals surface area contributed by atoms with Crippen molar-refractivity contribution in [3.63, 3.8) is 0 Å². The first-order valence-corrected chi connectivity index (χ1v) is 11.0. The molecule has 0 bridgehead atoms. The molecule has 1 aliphatic heterocycles. The number of carbonyl (C=O) groups is 4. The molecule has 1 heterocycles. The molecule has 0 spiro atoms. The van der Waals surface area contributed by atoms with Crippen LogP contribution in [0, 0.1) is 5.82 Å². The molecule has 1 atom stereocenters. The molecule has 1 saturated heterocycles. The molecule has 9 nitrogen and oxygen atoms in total. The van der Waals surface area contributed by atoms with Gasteiger partial charge in [0.05, 0.1) is 17.6 Å². The van der Waals surface area contributed by atoms with Crippen molar-refractivity contribution >= 4 is 23.7 Å². The van der Waals surface area contributed by atoms with E-state index >= 15 is 0 Å². The quantitative estimate of drug-likeness (QED) is 0.295. The second kappa shape index (κ2) is 12.0. The van der Waals surface area contributed by atoms with E-state index in [4.69, 9.17) is 4.74 Å². The summed E-state index contributed by atoms with van der Waals surface area (Å²) < 4.78 is 56.7. The van der Waals surface area contributed by atoms with Gasteiger partial charge in [0.25, 0.3) is 0 Å². The van der Waals surface area contributed by atoms with Gasteiger partial charge >= 0.3 is 12.3 Å². The van der Waals surface area contributed by atoms with Crippen molar-refractivity contribution in [1.29, 1.82) is 0 Å². The van der Waals surface area contributed by atoms with E-state index in [0.717, 1.165) is 11.0 Å². The van der Waals surface area contributed by atoms with Gasteiger partial charge in [-0.2, -0.15) is 13.2 Å². The highest BCUT2D eigenvalue weighted by Crippen LogP contribution is 2.22. The van der Waals surface area contributed by atoms with Crippen molar-refractivity contribution in [3.05, 3.63) is 48.3 Å². The fourth-order valence-corrected chi connectivity index (χ4v) is 3.55. The number of hydrogen-bond acceptors (Lipinski definition) is 6. The van der Waals surface area contributed by atoms with E-state index in [2.05, 4.69) is 11.9 Å². The SMILES string of the molecule is C=CCOC(=O)N1CCN(C(C)(C)C(=O)NCC(=O)c2ccccc2F)C[C@H]1C(=O)NCC(F)(F)F.